The maximum absolute atomic E-state index is 11.8. The Morgan fingerprint density at radius 1 is 1.17 bits per heavy atom. The van der Waals surface area contributed by atoms with Crippen molar-refractivity contribution in [2.75, 3.05) is 25.1 Å². The molecule has 7 N–H and O–H groups in total. The number of ether oxygens (including phenoxy) is 1. The molecule has 230 valence electrons. The number of nitrogens with zero attached hydrogens (tertiary/aromatic N) is 2. The van der Waals surface area contributed by atoms with Crippen LogP contribution in [-0.4, -0.2) is 58.9 Å². The van der Waals surface area contributed by atoms with Crippen molar-refractivity contribution in [3.05, 3.63) is 68.1 Å². The second-order valence-electron chi connectivity index (χ2n) is 8.47. The third kappa shape index (κ3) is 13.8. The summed E-state index contributed by atoms with van der Waals surface area (Å²) in [4.78, 5) is 30.4. The zero-order valence-corrected chi connectivity index (χ0v) is 24.7. The van der Waals surface area contributed by atoms with Gasteiger partial charge in [0.2, 0.25) is 0 Å². The van der Waals surface area contributed by atoms with Gasteiger partial charge >= 0.3 is 1.43 Å². The summed E-state index contributed by atoms with van der Waals surface area (Å²) in [6, 6.07) is 1.23. The van der Waals surface area contributed by atoms with Crippen molar-refractivity contribution < 1.29 is 61.7 Å². The Kier molecular flexibility index (Phi) is 19.3. The van der Waals surface area contributed by atoms with Gasteiger partial charge in [-0.15, -0.1) is 0 Å². The number of nitrogens with one attached hydrogen (secondary N) is 1. The largest absolute Gasteiger partial charge is 1.00 e. The minimum Gasteiger partial charge on any atom is -0.504 e. The van der Waals surface area contributed by atoms with Crippen LogP contribution < -0.4 is 11.1 Å². The number of nitro benzene ring substituents is 1. The van der Waals surface area contributed by atoms with Crippen molar-refractivity contribution in [2.24, 2.45) is 11.7 Å². The topological polar surface area (TPSA) is 257 Å². The van der Waals surface area contributed by atoms with Gasteiger partial charge in [0.15, 0.2) is 11.5 Å². The number of unbranched alkanes of at least 4 members (excludes halogenated alkanes) is 1. The summed E-state index contributed by atoms with van der Waals surface area (Å²) in [5.74, 6) is -1.01. The van der Waals surface area contributed by atoms with E-state index in [4.69, 9.17) is 15.0 Å². The summed E-state index contributed by atoms with van der Waals surface area (Å²) in [6.45, 7) is 6.98. The van der Waals surface area contributed by atoms with Crippen LogP contribution in [-0.2, 0) is 37.0 Å². The van der Waals surface area contributed by atoms with Gasteiger partial charge in [0.05, 0.1) is 21.6 Å². The summed E-state index contributed by atoms with van der Waals surface area (Å²) in [5.41, 5.74) is 3.60. The number of allylic oxidation sites excluding steroid dienone is 4. The molecule has 0 saturated heterocycles. The van der Waals surface area contributed by atoms with Crippen LogP contribution in [0.2, 0.25) is 0 Å². The fourth-order valence-corrected chi connectivity index (χ4v) is 3.87. The van der Waals surface area contributed by atoms with E-state index in [1.807, 2.05) is 0 Å². The maximum Gasteiger partial charge on any atom is 1.00 e. The van der Waals surface area contributed by atoms with E-state index in [1.54, 1.807) is 0 Å². The molecule has 1 aromatic carbocycles. The normalized spacial score (nSPS) is 14.1. The fourth-order valence-electron chi connectivity index (χ4n) is 3.25. The van der Waals surface area contributed by atoms with Crippen molar-refractivity contribution in [3.63, 3.8) is 0 Å². The number of rotatable bonds is 14. The van der Waals surface area contributed by atoms with Gasteiger partial charge in [0, 0.05) is 60.6 Å². The van der Waals surface area contributed by atoms with Gasteiger partial charge < -0.3 is 26.4 Å². The molecule has 1 aromatic rings. The predicted molar refractivity (Wildman–Crippen MR) is 148 cm³/mol. The second-order valence-corrected chi connectivity index (χ2v) is 9.86. The number of ketones is 1. The first-order valence-corrected chi connectivity index (χ1v) is 13.6. The number of anilines is 1. The van der Waals surface area contributed by atoms with E-state index < -0.39 is 53.5 Å². The van der Waals surface area contributed by atoms with Crippen LogP contribution in [0, 0.1) is 26.1 Å². The van der Waals surface area contributed by atoms with Gasteiger partial charge in [0.25, 0.3) is 21.5 Å². The molecular formula is C24H37CrN4O11S+. The first-order valence-electron chi connectivity index (χ1n) is 12.2. The monoisotopic (exact) mass is 641 g/mol. The van der Waals surface area contributed by atoms with Crippen LogP contribution in [0.4, 0.5) is 11.4 Å². The van der Waals surface area contributed by atoms with Crippen LogP contribution in [0.3, 0.4) is 0 Å². The first kappa shape index (κ1) is 40.0. The Bertz CT molecular complexity index is 1240. The van der Waals surface area contributed by atoms with Gasteiger partial charge in [-0.05, 0) is 31.4 Å². The molecule has 0 saturated carbocycles. The number of aromatic hydroxyl groups is 1. The Balaban J connectivity index is -0.000000820. The molecule has 15 nitrogen and oxygen atoms in total. The molecule has 1 aliphatic rings. The number of phenolic OH excluding ortho intramolecular Hbond substituents is 1. The van der Waals surface area contributed by atoms with Crippen LogP contribution in [0.1, 0.15) is 47.4 Å². The van der Waals surface area contributed by atoms with Gasteiger partial charge in [0.1, 0.15) is 4.90 Å². The molecule has 0 radical (unpaired) electrons. The molecule has 0 bridgehead atoms. The Labute approximate surface area is 250 Å². The van der Waals surface area contributed by atoms with Gasteiger partial charge in [-0.1, -0.05) is 33.1 Å². The summed E-state index contributed by atoms with van der Waals surface area (Å²) in [5, 5.41) is 33.6. The molecule has 0 fully saturated rings. The summed E-state index contributed by atoms with van der Waals surface area (Å²) in [7, 11) is -4.96. The summed E-state index contributed by atoms with van der Waals surface area (Å²) >= 11 is 0. The van der Waals surface area contributed by atoms with Gasteiger partial charge in [-0.25, -0.2) is 0 Å². The maximum atomic E-state index is 11.8. The SMILES string of the molecule is CCCCC(CC)COCCCN.O.O=C1C=C([N+](=O)[O-])C=C/C1=C\Nc1cc([N+](=O)[O-])cc(S(=O)(=O)O)c1O.[Cr].[H+]. The van der Waals surface area contributed by atoms with E-state index in [1.165, 1.54) is 25.7 Å². The Morgan fingerprint density at radius 2 is 1.83 bits per heavy atom. The number of non-ortho nitro benzene ring substituents is 1. The van der Waals surface area contributed by atoms with Gasteiger partial charge in [-0.2, -0.15) is 8.42 Å². The van der Waals surface area contributed by atoms with Crippen molar-refractivity contribution in [3.8, 4) is 5.75 Å². The average molecular weight is 642 g/mol. The number of hydrogen-bond donors (Lipinski definition) is 4. The molecular weight excluding hydrogens is 604 g/mol. The van der Waals surface area contributed by atoms with E-state index in [0.29, 0.717) is 6.07 Å². The Morgan fingerprint density at radius 3 is 2.32 bits per heavy atom. The van der Waals surface area contributed by atoms with Crippen molar-refractivity contribution >= 4 is 27.3 Å². The minimum atomic E-state index is -4.96. The molecule has 0 spiro atoms. The standard InChI is InChI=1S/C13H9N3O9S.C11H25NO.Cr.H2O/c17-11-4-8(15(19)20)2-1-7(11)6-14-10-3-9(16(21)22)5-12(13(10)18)26(23,24)25;1-3-5-7-11(4-2)10-13-9-6-8-12;;/h1-6,14,18H,(H,23,24,25);11H,3-10,12H2,1-2H3;;1H2/p+1/b7-6+;;;. The van der Waals surface area contributed by atoms with Gasteiger partial charge in [-0.3, -0.25) is 29.6 Å². The molecule has 1 unspecified atom stereocenters. The van der Waals surface area contributed by atoms with E-state index in [2.05, 4.69) is 19.2 Å². The molecule has 0 aromatic heterocycles. The summed E-state index contributed by atoms with van der Waals surface area (Å²) < 4.78 is 37.1. The number of nitro groups is 2. The molecule has 1 aliphatic carbocycles. The molecule has 41 heavy (non-hydrogen) atoms. The van der Waals surface area contributed by atoms with Crippen LogP contribution in [0.15, 0.2) is 52.7 Å². The number of carbonyl (C=O) groups is 1. The number of nitrogens with two attached hydrogens (primary N) is 1. The third-order valence-electron chi connectivity index (χ3n) is 5.53. The molecule has 0 amide bonds. The van der Waals surface area contributed by atoms with Crippen LogP contribution in [0.5, 0.6) is 5.75 Å². The fraction of sp³-hybridized carbons (Fsp3) is 0.458. The van der Waals surface area contributed by atoms with E-state index in [-0.39, 0.29) is 29.8 Å². The Hall–Kier alpha value is -3.17. The molecule has 1 atom stereocenters. The minimum absolute atomic E-state index is 0. The van der Waals surface area contributed by atoms with Crippen molar-refractivity contribution in [1.29, 1.82) is 0 Å². The van der Waals surface area contributed by atoms with Crippen LogP contribution in [0.25, 0.3) is 0 Å². The van der Waals surface area contributed by atoms with Crippen LogP contribution >= 0.6 is 0 Å². The number of hydrogen-bond acceptors (Lipinski definition) is 11. The molecule has 2 rings (SSSR count). The molecule has 0 aliphatic heterocycles. The third-order valence-corrected chi connectivity index (χ3v) is 6.40. The number of benzene rings is 1. The quantitative estimate of drug-likeness (QED) is 0.0571. The average Bonchev–Trinajstić information content (AvgIpc) is 2.87. The van der Waals surface area contributed by atoms with E-state index >= 15 is 0 Å². The number of phenols is 1. The van der Waals surface area contributed by atoms with E-state index in [0.717, 1.165) is 62.6 Å². The zero-order valence-electron chi connectivity index (χ0n) is 23.6. The molecule has 17 heteroatoms. The summed E-state index contributed by atoms with van der Waals surface area (Å²) in [6.07, 6.45) is 9.99. The first-order chi connectivity index (χ1) is 18.3. The van der Waals surface area contributed by atoms with E-state index in [9.17, 15) is 38.5 Å². The molecule has 0 heterocycles. The predicted octanol–water partition coefficient (Wildman–Crippen LogP) is 3.00. The smallest absolute Gasteiger partial charge is 0.504 e. The second kappa shape index (κ2) is 19.8. The zero-order chi connectivity index (χ0) is 29.6. The number of carbonyl (C=O) groups excluding carboxylic acids is 1. The van der Waals surface area contributed by atoms with Crippen molar-refractivity contribution in [2.45, 2.75) is 50.8 Å². The van der Waals surface area contributed by atoms with Crippen molar-refractivity contribution in [1.82, 2.24) is 0 Å².